The molecule has 0 saturated carbocycles. The van der Waals surface area contributed by atoms with Gasteiger partial charge >= 0.3 is 0 Å². The molecule has 0 atom stereocenters. The summed E-state index contributed by atoms with van der Waals surface area (Å²) in [6.45, 7) is 7.14. The molecular weight excluding hydrogens is 306 g/mol. The van der Waals surface area contributed by atoms with E-state index in [0.717, 1.165) is 29.2 Å². The van der Waals surface area contributed by atoms with Gasteiger partial charge in [0.15, 0.2) is 0 Å². The third kappa shape index (κ3) is 4.26. The molecule has 4 heteroatoms. The SMILES string of the molecule is CCN(C)C=Nc1cc(C)cc(N(C)c2cccc(C)c2)c1Cl. The zero-order chi connectivity index (χ0) is 17.0. The molecule has 2 aromatic rings. The van der Waals surface area contributed by atoms with E-state index < -0.39 is 0 Å². The molecule has 2 aromatic carbocycles. The van der Waals surface area contributed by atoms with E-state index in [1.54, 1.807) is 0 Å². The summed E-state index contributed by atoms with van der Waals surface area (Å²) in [5.41, 5.74) is 5.22. The van der Waals surface area contributed by atoms with Gasteiger partial charge in [-0.2, -0.15) is 0 Å². The molecule has 0 fully saturated rings. The van der Waals surface area contributed by atoms with Crippen LogP contribution in [0.15, 0.2) is 41.4 Å². The molecule has 0 aliphatic carbocycles. The lowest BCUT2D eigenvalue weighted by Crippen LogP contribution is -2.14. The molecule has 0 amide bonds. The lowest BCUT2D eigenvalue weighted by Gasteiger charge is -2.22. The predicted molar refractivity (Wildman–Crippen MR) is 102 cm³/mol. The quantitative estimate of drug-likeness (QED) is 0.545. The molecule has 0 unspecified atom stereocenters. The van der Waals surface area contributed by atoms with Gasteiger partial charge in [0.2, 0.25) is 0 Å². The Morgan fingerprint density at radius 3 is 2.48 bits per heavy atom. The summed E-state index contributed by atoms with van der Waals surface area (Å²) in [6.07, 6.45) is 1.82. The van der Waals surface area contributed by atoms with Gasteiger partial charge in [0.25, 0.3) is 0 Å². The largest absolute Gasteiger partial charge is 0.366 e. The highest BCUT2D eigenvalue weighted by Crippen LogP contribution is 2.38. The number of rotatable bonds is 5. The molecular formula is C19H24ClN3. The van der Waals surface area contributed by atoms with E-state index >= 15 is 0 Å². The molecule has 3 nitrogen and oxygen atoms in total. The minimum absolute atomic E-state index is 0.667. The van der Waals surface area contributed by atoms with Crippen molar-refractivity contribution in [3.05, 3.63) is 52.5 Å². The van der Waals surface area contributed by atoms with Crippen LogP contribution >= 0.6 is 11.6 Å². The number of nitrogens with zero attached hydrogens (tertiary/aromatic N) is 3. The minimum atomic E-state index is 0.667. The minimum Gasteiger partial charge on any atom is -0.366 e. The molecule has 2 rings (SSSR count). The van der Waals surface area contributed by atoms with Crippen molar-refractivity contribution in [1.82, 2.24) is 4.90 Å². The van der Waals surface area contributed by atoms with E-state index in [1.165, 1.54) is 5.56 Å². The second kappa shape index (κ2) is 7.51. The van der Waals surface area contributed by atoms with Gasteiger partial charge in [0.05, 0.1) is 22.7 Å². The molecule has 0 aliphatic heterocycles. The van der Waals surface area contributed by atoms with Crippen LogP contribution in [0.5, 0.6) is 0 Å². The normalized spacial score (nSPS) is 11.0. The Morgan fingerprint density at radius 1 is 1.09 bits per heavy atom. The average Bonchev–Trinajstić information content (AvgIpc) is 2.54. The first kappa shape index (κ1) is 17.4. The van der Waals surface area contributed by atoms with Crippen LogP contribution in [0.4, 0.5) is 17.1 Å². The van der Waals surface area contributed by atoms with Crippen LogP contribution in [0.3, 0.4) is 0 Å². The van der Waals surface area contributed by atoms with Crippen molar-refractivity contribution in [3.8, 4) is 0 Å². The molecule has 0 saturated heterocycles. The van der Waals surface area contributed by atoms with Gasteiger partial charge in [-0.1, -0.05) is 23.7 Å². The Hall–Kier alpha value is -2.00. The van der Waals surface area contributed by atoms with Crippen LogP contribution in [0.1, 0.15) is 18.1 Å². The monoisotopic (exact) mass is 329 g/mol. The lowest BCUT2D eigenvalue weighted by molar-refractivity contribution is 0.552. The molecule has 0 aliphatic rings. The number of benzene rings is 2. The van der Waals surface area contributed by atoms with Crippen molar-refractivity contribution in [2.24, 2.45) is 4.99 Å². The topological polar surface area (TPSA) is 18.8 Å². The summed E-state index contributed by atoms with van der Waals surface area (Å²) in [7, 11) is 4.02. The summed E-state index contributed by atoms with van der Waals surface area (Å²) in [6, 6.07) is 12.5. The number of anilines is 2. The Bertz CT molecular complexity index is 710. The molecule has 0 spiro atoms. The first-order valence-corrected chi connectivity index (χ1v) is 8.15. The summed E-state index contributed by atoms with van der Waals surface area (Å²) in [5.74, 6) is 0. The van der Waals surface area contributed by atoms with Crippen molar-refractivity contribution in [1.29, 1.82) is 0 Å². The van der Waals surface area contributed by atoms with Crippen LogP contribution < -0.4 is 4.90 Å². The highest BCUT2D eigenvalue weighted by atomic mass is 35.5. The predicted octanol–water partition coefficient (Wildman–Crippen LogP) is 5.34. The second-order valence-corrected chi connectivity index (χ2v) is 6.21. The Kier molecular flexibility index (Phi) is 5.67. The first-order chi connectivity index (χ1) is 10.9. The standard InChI is InChI=1S/C19H24ClN3/c1-6-22(4)13-21-17-11-15(3)12-18(19(17)20)23(5)16-9-7-8-14(2)10-16/h7-13H,6H2,1-5H3. The second-order valence-electron chi connectivity index (χ2n) is 5.83. The number of hydrogen-bond acceptors (Lipinski definition) is 2. The van der Waals surface area contributed by atoms with Gasteiger partial charge in [-0.3, -0.25) is 0 Å². The Balaban J connectivity index is 2.43. The third-order valence-corrected chi connectivity index (χ3v) is 4.21. The van der Waals surface area contributed by atoms with Gasteiger partial charge in [-0.05, 0) is 56.2 Å². The van der Waals surface area contributed by atoms with Crippen molar-refractivity contribution in [2.75, 3.05) is 25.5 Å². The molecule has 122 valence electrons. The molecule has 23 heavy (non-hydrogen) atoms. The van der Waals surface area contributed by atoms with Gasteiger partial charge in [0, 0.05) is 26.3 Å². The fraction of sp³-hybridized carbons (Fsp3) is 0.316. The van der Waals surface area contributed by atoms with E-state index in [-0.39, 0.29) is 0 Å². The van der Waals surface area contributed by atoms with Crippen LogP contribution in [0.2, 0.25) is 5.02 Å². The lowest BCUT2D eigenvalue weighted by atomic mass is 10.1. The zero-order valence-electron chi connectivity index (χ0n) is 14.5. The van der Waals surface area contributed by atoms with Crippen molar-refractivity contribution in [3.63, 3.8) is 0 Å². The fourth-order valence-electron chi connectivity index (χ4n) is 2.29. The van der Waals surface area contributed by atoms with Crippen LogP contribution in [-0.4, -0.2) is 31.9 Å². The van der Waals surface area contributed by atoms with E-state index in [0.29, 0.717) is 5.02 Å². The molecule has 0 heterocycles. The number of aliphatic imine (C=N–C) groups is 1. The van der Waals surface area contributed by atoms with Crippen molar-refractivity contribution < 1.29 is 0 Å². The maximum Gasteiger partial charge on any atom is 0.0910 e. The molecule has 0 radical (unpaired) electrons. The maximum atomic E-state index is 6.62. The van der Waals surface area contributed by atoms with Gasteiger partial charge in [-0.15, -0.1) is 0 Å². The Labute approximate surface area is 144 Å². The third-order valence-electron chi connectivity index (χ3n) is 3.82. The summed E-state index contributed by atoms with van der Waals surface area (Å²) in [4.78, 5) is 8.65. The van der Waals surface area contributed by atoms with E-state index in [9.17, 15) is 0 Å². The molecule has 0 bridgehead atoms. The molecule has 0 N–H and O–H groups in total. The van der Waals surface area contributed by atoms with E-state index in [4.69, 9.17) is 11.6 Å². The number of aryl methyl sites for hydroxylation is 2. The van der Waals surface area contributed by atoms with Gasteiger partial charge in [0.1, 0.15) is 0 Å². The van der Waals surface area contributed by atoms with Crippen LogP contribution in [0.25, 0.3) is 0 Å². The van der Waals surface area contributed by atoms with E-state index in [1.807, 2.05) is 31.4 Å². The van der Waals surface area contributed by atoms with Crippen LogP contribution in [0, 0.1) is 13.8 Å². The highest BCUT2D eigenvalue weighted by molar-refractivity contribution is 6.36. The Morgan fingerprint density at radius 2 is 1.83 bits per heavy atom. The smallest absolute Gasteiger partial charge is 0.0910 e. The summed E-state index contributed by atoms with van der Waals surface area (Å²) >= 11 is 6.62. The summed E-state index contributed by atoms with van der Waals surface area (Å²) in [5, 5.41) is 0.667. The first-order valence-electron chi connectivity index (χ1n) is 7.77. The zero-order valence-corrected chi connectivity index (χ0v) is 15.2. The number of hydrogen-bond donors (Lipinski definition) is 0. The maximum absolute atomic E-state index is 6.62. The highest BCUT2D eigenvalue weighted by Gasteiger charge is 2.13. The average molecular weight is 330 g/mol. The van der Waals surface area contributed by atoms with Crippen molar-refractivity contribution in [2.45, 2.75) is 20.8 Å². The summed E-state index contributed by atoms with van der Waals surface area (Å²) < 4.78 is 0. The fourth-order valence-corrected chi connectivity index (χ4v) is 2.57. The van der Waals surface area contributed by atoms with Crippen LogP contribution in [-0.2, 0) is 0 Å². The molecule has 0 aromatic heterocycles. The van der Waals surface area contributed by atoms with Gasteiger partial charge in [-0.25, -0.2) is 4.99 Å². The van der Waals surface area contributed by atoms with E-state index in [2.05, 4.69) is 61.0 Å². The van der Waals surface area contributed by atoms with Crippen molar-refractivity contribution >= 4 is 35.0 Å². The van der Waals surface area contributed by atoms with Gasteiger partial charge < -0.3 is 9.80 Å². The number of halogens is 1.